The molecule has 0 saturated carbocycles. The highest BCUT2D eigenvalue weighted by atomic mass is 35.5. The molecule has 0 spiro atoms. The van der Waals surface area contributed by atoms with Crippen LogP contribution >= 0.6 is 11.6 Å². The number of hydrogen-bond donors (Lipinski definition) is 2. The molecule has 2 heterocycles. The third kappa shape index (κ3) is 1.94. The molecule has 1 aromatic carbocycles. The minimum Gasteiger partial charge on any atom is -0.383 e. The maximum Gasteiger partial charge on any atom is 0.0903 e. The summed E-state index contributed by atoms with van der Waals surface area (Å²) in [6.45, 7) is 1.61. The Hall–Kier alpha value is -1.74. The number of H-pyrrole nitrogens is 1. The lowest BCUT2D eigenvalue weighted by Gasteiger charge is -2.09. The van der Waals surface area contributed by atoms with E-state index in [2.05, 4.69) is 15.3 Å². The van der Waals surface area contributed by atoms with E-state index < -0.39 is 0 Å². The average molecular weight is 246 g/mol. The summed E-state index contributed by atoms with van der Waals surface area (Å²) in [6.07, 6.45) is 1.90. The van der Waals surface area contributed by atoms with Crippen LogP contribution in [0.5, 0.6) is 0 Å². The molecule has 0 unspecified atom stereocenters. The highest BCUT2D eigenvalue weighted by Crippen LogP contribution is 2.25. The predicted octanol–water partition coefficient (Wildman–Crippen LogP) is 2.93. The van der Waals surface area contributed by atoms with Gasteiger partial charge in [-0.2, -0.15) is 0 Å². The zero-order valence-corrected chi connectivity index (χ0v) is 9.96. The van der Waals surface area contributed by atoms with Crippen LogP contribution in [0.2, 0.25) is 5.02 Å². The summed E-state index contributed by atoms with van der Waals surface area (Å²) in [5.41, 5.74) is 4.13. The van der Waals surface area contributed by atoms with Crippen molar-refractivity contribution >= 4 is 23.0 Å². The van der Waals surface area contributed by atoms with Crippen molar-refractivity contribution in [3.63, 3.8) is 0 Å². The van der Waals surface area contributed by atoms with E-state index in [1.165, 1.54) is 0 Å². The van der Waals surface area contributed by atoms with Crippen molar-refractivity contribution in [1.82, 2.24) is 4.98 Å². The van der Waals surface area contributed by atoms with Crippen molar-refractivity contribution in [2.24, 2.45) is 4.99 Å². The van der Waals surface area contributed by atoms with E-state index in [1.54, 1.807) is 0 Å². The van der Waals surface area contributed by atoms with Crippen molar-refractivity contribution in [3.8, 4) is 0 Å². The summed E-state index contributed by atoms with van der Waals surface area (Å²) in [7, 11) is 0. The number of benzodiazepines with no additional fused rings is 1. The lowest BCUT2D eigenvalue weighted by molar-refractivity contribution is 1.03. The second-order valence-corrected chi connectivity index (χ2v) is 4.37. The summed E-state index contributed by atoms with van der Waals surface area (Å²) in [5, 5.41) is 4.09. The molecule has 2 N–H and O–H groups in total. The first-order chi connectivity index (χ1) is 8.34. The molecule has 3 nitrogen and oxygen atoms in total. The molecule has 0 fully saturated rings. The van der Waals surface area contributed by atoms with E-state index in [-0.39, 0.29) is 0 Å². The SMILES string of the molecule is Clc1ccc2c(c1)C(c1ccc[nH]1)=NCCN2. The van der Waals surface area contributed by atoms with Gasteiger partial charge in [-0.15, -0.1) is 0 Å². The Kier molecular flexibility index (Phi) is 2.61. The number of nitrogens with one attached hydrogen (secondary N) is 2. The van der Waals surface area contributed by atoms with Gasteiger partial charge in [-0.3, -0.25) is 4.99 Å². The Balaban J connectivity index is 2.17. The van der Waals surface area contributed by atoms with Gasteiger partial charge in [-0.1, -0.05) is 11.6 Å². The Morgan fingerprint density at radius 1 is 1.24 bits per heavy atom. The third-order valence-electron chi connectivity index (χ3n) is 2.79. The molecule has 4 heteroatoms. The highest BCUT2D eigenvalue weighted by molar-refractivity contribution is 6.31. The molecule has 0 bridgehead atoms. The van der Waals surface area contributed by atoms with Crippen molar-refractivity contribution < 1.29 is 0 Å². The van der Waals surface area contributed by atoms with Gasteiger partial charge in [-0.05, 0) is 30.3 Å². The Bertz CT molecular complexity index is 558. The average Bonchev–Trinajstić information content (AvgIpc) is 2.77. The van der Waals surface area contributed by atoms with Crippen LogP contribution in [0.15, 0.2) is 41.5 Å². The fourth-order valence-corrected chi connectivity index (χ4v) is 2.19. The van der Waals surface area contributed by atoms with Crippen LogP contribution in [0, 0.1) is 0 Å². The van der Waals surface area contributed by atoms with E-state index in [0.717, 1.165) is 40.8 Å². The van der Waals surface area contributed by atoms with Gasteiger partial charge in [0.2, 0.25) is 0 Å². The predicted molar refractivity (Wildman–Crippen MR) is 71.2 cm³/mol. The molecule has 17 heavy (non-hydrogen) atoms. The lowest BCUT2D eigenvalue weighted by atomic mass is 10.1. The molecule has 0 radical (unpaired) electrons. The highest BCUT2D eigenvalue weighted by Gasteiger charge is 2.15. The van der Waals surface area contributed by atoms with Gasteiger partial charge in [0.25, 0.3) is 0 Å². The largest absolute Gasteiger partial charge is 0.383 e. The number of aromatic amines is 1. The van der Waals surface area contributed by atoms with Crippen molar-refractivity contribution in [2.45, 2.75) is 0 Å². The van der Waals surface area contributed by atoms with Gasteiger partial charge in [0, 0.05) is 29.0 Å². The number of anilines is 1. The summed E-state index contributed by atoms with van der Waals surface area (Å²) in [5.74, 6) is 0. The number of hydrogen-bond acceptors (Lipinski definition) is 2. The number of fused-ring (bicyclic) bond motifs is 1. The Morgan fingerprint density at radius 2 is 2.18 bits per heavy atom. The molecule has 86 valence electrons. The first-order valence-electron chi connectivity index (χ1n) is 5.56. The number of nitrogens with zero attached hydrogens (tertiary/aromatic N) is 1. The van der Waals surface area contributed by atoms with Crippen molar-refractivity contribution in [2.75, 3.05) is 18.4 Å². The molecule has 1 aliphatic heterocycles. The Morgan fingerprint density at radius 3 is 3.00 bits per heavy atom. The van der Waals surface area contributed by atoms with Crippen LogP contribution in [-0.4, -0.2) is 23.8 Å². The molecule has 1 aliphatic rings. The topological polar surface area (TPSA) is 40.2 Å². The van der Waals surface area contributed by atoms with Crippen molar-refractivity contribution in [3.05, 3.63) is 52.8 Å². The van der Waals surface area contributed by atoms with Crippen LogP contribution in [0.4, 0.5) is 5.69 Å². The summed E-state index contributed by atoms with van der Waals surface area (Å²) < 4.78 is 0. The summed E-state index contributed by atoms with van der Waals surface area (Å²) in [4.78, 5) is 7.81. The quantitative estimate of drug-likeness (QED) is 0.797. The van der Waals surface area contributed by atoms with Gasteiger partial charge < -0.3 is 10.3 Å². The number of benzene rings is 1. The number of aromatic nitrogens is 1. The van der Waals surface area contributed by atoms with Gasteiger partial charge in [0.05, 0.1) is 18.0 Å². The minimum absolute atomic E-state index is 0.728. The van der Waals surface area contributed by atoms with E-state index in [4.69, 9.17) is 11.6 Å². The summed E-state index contributed by atoms with van der Waals surface area (Å²) in [6, 6.07) is 9.84. The monoisotopic (exact) mass is 245 g/mol. The molecule has 0 amide bonds. The van der Waals surface area contributed by atoms with E-state index in [9.17, 15) is 0 Å². The molecular weight excluding hydrogens is 234 g/mol. The second-order valence-electron chi connectivity index (χ2n) is 3.93. The minimum atomic E-state index is 0.728. The number of halogens is 1. The zero-order chi connectivity index (χ0) is 11.7. The van der Waals surface area contributed by atoms with E-state index in [0.29, 0.717) is 0 Å². The van der Waals surface area contributed by atoms with Gasteiger partial charge in [0.1, 0.15) is 0 Å². The van der Waals surface area contributed by atoms with Crippen LogP contribution in [0.1, 0.15) is 11.3 Å². The van der Waals surface area contributed by atoms with Gasteiger partial charge in [-0.25, -0.2) is 0 Å². The molecular formula is C13H12ClN3. The fourth-order valence-electron chi connectivity index (χ4n) is 2.02. The first-order valence-corrected chi connectivity index (χ1v) is 5.94. The maximum atomic E-state index is 6.06. The molecule has 2 aromatic rings. The molecule has 0 saturated heterocycles. The molecule has 3 rings (SSSR count). The number of rotatable bonds is 1. The molecule has 0 atom stereocenters. The molecule has 0 aliphatic carbocycles. The van der Waals surface area contributed by atoms with Gasteiger partial charge >= 0.3 is 0 Å². The first kappa shape index (κ1) is 10.4. The van der Waals surface area contributed by atoms with E-state index >= 15 is 0 Å². The normalized spacial score (nSPS) is 14.5. The van der Waals surface area contributed by atoms with E-state index in [1.807, 2.05) is 36.5 Å². The van der Waals surface area contributed by atoms with Gasteiger partial charge in [0.15, 0.2) is 0 Å². The second kappa shape index (κ2) is 4.26. The van der Waals surface area contributed by atoms with Crippen LogP contribution in [-0.2, 0) is 0 Å². The van der Waals surface area contributed by atoms with Crippen LogP contribution < -0.4 is 5.32 Å². The third-order valence-corrected chi connectivity index (χ3v) is 3.02. The smallest absolute Gasteiger partial charge is 0.0903 e. The fraction of sp³-hybridized carbons (Fsp3) is 0.154. The molecule has 1 aromatic heterocycles. The van der Waals surface area contributed by atoms with Crippen LogP contribution in [0.3, 0.4) is 0 Å². The zero-order valence-electron chi connectivity index (χ0n) is 9.20. The number of aliphatic imine (C=N–C) groups is 1. The van der Waals surface area contributed by atoms with Crippen LogP contribution in [0.25, 0.3) is 0 Å². The van der Waals surface area contributed by atoms with Crippen molar-refractivity contribution in [1.29, 1.82) is 0 Å². The maximum absolute atomic E-state index is 6.06. The Labute approximate surface area is 105 Å². The summed E-state index contributed by atoms with van der Waals surface area (Å²) >= 11 is 6.06. The standard InChI is InChI=1S/C13H12ClN3/c14-9-3-4-11-10(8-9)13(17-7-6-16-11)12-2-1-5-15-12/h1-5,8,15-16H,6-7H2. The lowest BCUT2D eigenvalue weighted by Crippen LogP contribution is -2.05.